The normalized spacial score (nSPS) is 10.7. The van der Waals surface area contributed by atoms with Crippen molar-refractivity contribution in [2.45, 2.75) is 58.8 Å². The number of hydrogen-bond donors (Lipinski definition) is 0. The van der Waals surface area contributed by atoms with Crippen LogP contribution in [-0.4, -0.2) is 19.6 Å². The smallest absolute Gasteiger partial charge is 0.270 e. The van der Waals surface area contributed by atoms with Crippen LogP contribution in [0.1, 0.15) is 52.9 Å². The minimum Gasteiger partial charge on any atom is -0.378 e. The molecular weight excluding hydrogens is 186 g/mol. The maximum Gasteiger partial charge on any atom is 0.270 e. The van der Waals surface area contributed by atoms with Gasteiger partial charge in [0.05, 0.1) is 0 Å². The van der Waals surface area contributed by atoms with E-state index in [4.69, 9.17) is 0 Å². The highest BCUT2D eigenvalue weighted by atomic mass is 19.3. The van der Waals surface area contributed by atoms with Gasteiger partial charge in [-0.1, -0.05) is 40.0 Å². The molecule has 0 spiro atoms. The van der Waals surface area contributed by atoms with Gasteiger partial charge in [-0.3, -0.25) is 0 Å². The zero-order valence-electron chi connectivity index (χ0n) is 9.91. The first-order valence-corrected chi connectivity index (χ1v) is 5.49. The average molecular weight is 210 g/mol. The van der Waals surface area contributed by atoms with Crippen molar-refractivity contribution in [2.24, 2.45) is 0 Å². The molecule has 1 nitrogen and oxygen atoms in total. The zero-order chi connectivity index (χ0) is 11.4. The van der Waals surface area contributed by atoms with Crippen LogP contribution in [0.2, 0.25) is 0 Å². The van der Waals surface area contributed by atoms with Gasteiger partial charge < -0.3 is 4.74 Å². The third-order valence-electron chi connectivity index (χ3n) is 1.75. The Morgan fingerprint density at radius 3 is 2.07 bits per heavy atom. The van der Waals surface area contributed by atoms with Crippen molar-refractivity contribution in [3.05, 3.63) is 0 Å². The number of ether oxygens (including phenoxy) is 1. The first-order chi connectivity index (χ1) is 6.62. The number of unbranched alkanes of at least 4 members (excludes halogenated alkanes) is 3. The fourth-order valence-electron chi connectivity index (χ4n) is 1.09. The van der Waals surface area contributed by atoms with Gasteiger partial charge in [0.15, 0.2) is 0 Å². The molecule has 0 rings (SSSR count). The van der Waals surface area contributed by atoms with E-state index in [1.807, 2.05) is 13.8 Å². The van der Waals surface area contributed by atoms with Gasteiger partial charge in [-0.05, 0) is 6.42 Å². The van der Waals surface area contributed by atoms with E-state index in [1.165, 1.54) is 7.11 Å². The minimum atomic E-state index is -2.62. The summed E-state index contributed by atoms with van der Waals surface area (Å²) in [4.78, 5) is 0. The summed E-state index contributed by atoms with van der Waals surface area (Å²) >= 11 is 0. The van der Waals surface area contributed by atoms with Gasteiger partial charge in [0.2, 0.25) is 0 Å². The molecule has 0 aromatic rings. The van der Waals surface area contributed by atoms with Crippen LogP contribution in [0.15, 0.2) is 0 Å². The van der Waals surface area contributed by atoms with Crippen molar-refractivity contribution in [1.29, 1.82) is 0 Å². The maximum atomic E-state index is 12.7. The Hall–Kier alpha value is -0.180. The SMILES string of the molecule is CC.CCCCCCC(F)(F)COC. The van der Waals surface area contributed by atoms with E-state index >= 15 is 0 Å². The van der Waals surface area contributed by atoms with E-state index in [1.54, 1.807) is 0 Å². The molecule has 3 heteroatoms. The van der Waals surface area contributed by atoms with Crippen molar-refractivity contribution in [3.63, 3.8) is 0 Å². The first kappa shape index (κ1) is 16.3. The van der Waals surface area contributed by atoms with Crippen LogP contribution in [0.4, 0.5) is 8.78 Å². The molecule has 0 aliphatic carbocycles. The quantitative estimate of drug-likeness (QED) is 0.570. The molecule has 0 unspecified atom stereocenters. The summed E-state index contributed by atoms with van der Waals surface area (Å²) in [5, 5.41) is 0. The van der Waals surface area contributed by atoms with Gasteiger partial charge in [-0.25, -0.2) is 8.78 Å². The van der Waals surface area contributed by atoms with Gasteiger partial charge in [-0.15, -0.1) is 0 Å². The van der Waals surface area contributed by atoms with Gasteiger partial charge >= 0.3 is 0 Å². The Morgan fingerprint density at radius 2 is 1.64 bits per heavy atom. The second-order valence-electron chi connectivity index (χ2n) is 3.10. The largest absolute Gasteiger partial charge is 0.378 e. The van der Waals surface area contributed by atoms with E-state index in [0.717, 1.165) is 19.3 Å². The van der Waals surface area contributed by atoms with Crippen molar-refractivity contribution in [1.82, 2.24) is 0 Å². The Kier molecular flexibility index (Phi) is 12.7. The van der Waals surface area contributed by atoms with Gasteiger partial charge in [0.25, 0.3) is 5.92 Å². The molecule has 0 aliphatic heterocycles. The summed E-state index contributed by atoms with van der Waals surface area (Å²) in [5.41, 5.74) is 0. The van der Waals surface area contributed by atoms with Gasteiger partial charge in [-0.2, -0.15) is 0 Å². The third kappa shape index (κ3) is 11.8. The average Bonchev–Trinajstić information content (AvgIpc) is 2.16. The molecule has 14 heavy (non-hydrogen) atoms. The van der Waals surface area contributed by atoms with Crippen LogP contribution in [0.3, 0.4) is 0 Å². The maximum absolute atomic E-state index is 12.7. The highest BCUT2D eigenvalue weighted by Crippen LogP contribution is 2.21. The Morgan fingerprint density at radius 1 is 1.07 bits per heavy atom. The molecule has 0 aliphatic rings. The number of methoxy groups -OCH3 is 1. The second-order valence-corrected chi connectivity index (χ2v) is 3.10. The van der Waals surface area contributed by atoms with E-state index in [9.17, 15) is 8.78 Å². The molecule has 0 fully saturated rings. The van der Waals surface area contributed by atoms with Crippen LogP contribution in [-0.2, 0) is 4.74 Å². The minimum absolute atomic E-state index is 0.0408. The van der Waals surface area contributed by atoms with Crippen molar-refractivity contribution in [3.8, 4) is 0 Å². The lowest BCUT2D eigenvalue weighted by atomic mass is 10.1. The van der Waals surface area contributed by atoms with Crippen molar-refractivity contribution >= 4 is 0 Å². The van der Waals surface area contributed by atoms with Crippen LogP contribution >= 0.6 is 0 Å². The highest BCUT2D eigenvalue weighted by Gasteiger charge is 2.27. The topological polar surface area (TPSA) is 9.23 Å². The Bertz CT molecular complexity index is 105. The van der Waals surface area contributed by atoms with Crippen molar-refractivity contribution in [2.75, 3.05) is 13.7 Å². The predicted molar refractivity (Wildman–Crippen MR) is 56.9 cm³/mol. The molecule has 0 atom stereocenters. The lowest BCUT2D eigenvalue weighted by molar-refractivity contribution is -0.0711. The third-order valence-corrected chi connectivity index (χ3v) is 1.75. The van der Waals surface area contributed by atoms with Gasteiger partial charge in [0.1, 0.15) is 6.61 Å². The number of rotatable bonds is 7. The van der Waals surface area contributed by atoms with E-state index in [2.05, 4.69) is 11.7 Å². The molecule has 88 valence electrons. The molecule has 0 amide bonds. The Balaban J connectivity index is 0. The highest BCUT2D eigenvalue weighted by molar-refractivity contribution is 4.64. The summed E-state index contributed by atoms with van der Waals surface area (Å²) in [6.07, 6.45) is 3.58. The molecular formula is C11H24F2O. The van der Waals surface area contributed by atoms with Crippen LogP contribution in [0.25, 0.3) is 0 Å². The first-order valence-electron chi connectivity index (χ1n) is 5.49. The van der Waals surface area contributed by atoms with E-state index < -0.39 is 12.5 Å². The number of alkyl halides is 2. The monoisotopic (exact) mass is 210 g/mol. The summed E-state index contributed by atoms with van der Waals surface area (Å²) in [7, 11) is 1.31. The van der Waals surface area contributed by atoms with Crippen LogP contribution in [0.5, 0.6) is 0 Å². The van der Waals surface area contributed by atoms with Gasteiger partial charge in [0, 0.05) is 13.5 Å². The lowest BCUT2D eigenvalue weighted by Gasteiger charge is -2.14. The zero-order valence-corrected chi connectivity index (χ0v) is 9.91. The molecule has 0 aromatic carbocycles. The van der Waals surface area contributed by atoms with Crippen molar-refractivity contribution < 1.29 is 13.5 Å². The molecule has 0 N–H and O–H groups in total. The molecule has 0 bridgehead atoms. The summed E-state index contributed by atoms with van der Waals surface area (Å²) in [6.45, 7) is 5.62. The number of halogens is 2. The number of hydrogen-bond acceptors (Lipinski definition) is 1. The molecule has 0 radical (unpaired) electrons. The Labute approximate surface area is 86.8 Å². The predicted octanol–water partition coefficient (Wildman–Crippen LogP) is 4.26. The van der Waals surface area contributed by atoms with Crippen LogP contribution < -0.4 is 0 Å². The lowest BCUT2D eigenvalue weighted by Crippen LogP contribution is -2.22. The fraction of sp³-hybridized carbons (Fsp3) is 1.00. The molecule has 0 saturated carbocycles. The van der Waals surface area contributed by atoms with Crippen LogP contribution in [0, 0.1) is 0 Å². The fourth-order valence-corrected chi connectivity index (χ4v) is 1.09. The summed E-state index contributed by atoms with van der Waals surface area (Å²) in [6, 6.07) is 0. The van der Waals surface area contributed by atoms with E-state index in [-0.39, 0.29) is 6.42 Å². The molecule has 0 aromatic heterocycles. The molecule has 0 saturated heterocycles. The molecule has 0 heterocycles. The summed E-state index contributed by atoms with van der Waals surface area (Å²) < 4.78 is 29.9. The second kappa shape index (κ2) is 10.9. The van der Waals surface area contributed by atoms with E-state index in [0.29, 0.717) is 6.42 Å². The standard InChI is InChI=1S/C9H18F2O.C2H6/c1-3-4-5-6-7-9(10,11)8-12-2;1-2/h3-8H2,1-2H3;1-2H3. The summed E-state index contributed by atoms with van der Waals surface area (Å²) in [5.74, 6) is -2.62.